The molecule has 4 rings (SSSR count). The fourth-order valence-corrected chi connectivity index (χ4v) is 4.51. The lowest BCUT2D eigenvalue weighted by atomic mass is 10.2. The minimum absolute atomic E-state index is 0.0849. The van der Waals surface area contributed by atoms with E-state index >= 15 is 0 Å². The van der Waals surface area contributed by atoms with Gasteiger partial charge in [0.25, 0.3) is 0 Å². The number of hydrogen-bond donors (Lipinski definition) is 0. The summed E-state index contributed by atoms with van der Waals surface area (Å²) in [6.45, 7) is 2.51. The van der Waals surface area contributed by atoms with E-state index in [1.807, 2.05) is 37.3 Å². The number of sulfonamides is 1. The van der Waals surface area contributed by atoms with Crippen molar-refractivity contribution in [2.75, 3.05) is 6.79 Å². The summed E-state index contributed by atoms with van der Waals surface area (Å²) >= 11 is 0. The number of hydrogen-bond acceptors (Lipinski definition) is 4. The first-order valence-electron chi connectivity index (χ1n) is 8.01. The Morgan fingerprint density at radius 1 is 1.04 bits per heavy atom. The van der Waals surface area contributed by atoms with Crippen LogP contribution in [0.3, 0.4) is 0 Å². The summed E-state index contributed by atoms with van der Waals surface area (Å²) in [5.74, 6) is 1.38. The third-order valence-corrected chi connectivity index (χ3v) is 6.27. The van der Waals surface area contributed by atoms with Crippen LogP contribution < -0.4 is 9.47 Å². The van der Waals surface area contributed by atoms with Gasteiger partial charge in [0.1, 0.15) is 0 Å². The SMILES string of the molecule is Cc1ccc(S(=O)(=O)N(Cc2ccc3c(c2)OCO3)C2CC2)cc1. The Morgan fingerprint density at radius 2 is 1.75 bits per heavy atom. The lowest BCUT2D eigenvalue weighted by Gasteiger charge is -2.22. The number of rotatable bonds is 5. The molecule has 1 fully saturated rings. The quantitative estimate of drug-likeness (QED) is 0.836. The highest BCUT2D eigenvalue weighted by Gasteiger charge is 2.38. The molecule has 0 radical (unpaired) electrons. The first-order chi connectivity index (χ1) is 11.5. The molecule has 0 bridgehead atoms. The van der Waals surface area contributed by atoms with E-state index in [9.17, 15) is 8.42 Å². The second-order valence-corrected chi connectivity index (χ2v) is 8.17. The van der Waals surface area contributed by atoms with Crippen LogP contribution in [-0.4, -0.2) is 25.6 Å². The molecule has 2 aromatic carbocycles. The number of fused-ring (bicyclic) bond motifs is 1. The molecule has 0 spiro atoms. The number of aryl methyl sites for hydroxylation is 1. The average molecular weight is 345 g/mol. The Morgan fingerprint density at radius 3 is 2.46 bits per heavy atom. The van der Waals surface area contributed by atoms with Crippen LogP contribution in [0.4, 0.5) is 0 Å². The summed E-state index contributed by atoms with van der Waals surface area (Å²) in [5, 5.41) is 0. The Balaban J connectivity index is 1.64. The maximum Gasteiger partial charge on any atom is 0.243 e. The maximum atomic E-state index is 13.0. The number of nitrogens with zero attached hydrogens (tertiary/aromatic N) is 1. The third kappa shape index (κ3) is 2.87. The summed E-state index contributed by atoms with van der Waals surface area (Å²) in [4.78, 5) is 0.348. The first-order valence-corrected chi connectivity index (χ1v) is 9.45. The van der Waals surface area contributed by atoms with Crippen molar-refractivity contribution in [3.63, 3.8) is 0 Å². The van der Waals surface area contributed by atoms with Gasteiger partial charge in [-0.1, -0.05) is 23.8 Å². The van der Waals surface area contributed by atoms with Gasteiger partial charge in [0.2, 0.25) is 16.8 Å². The van der Waals surface area contributed by atoms with Crippen LogP contribution in [0.15, 0.2) is 47.4 Å². The predicted octanol–water partition coefficient (Wildman–Crippen LogP) is 3.08. The maximum absolute atomic E-state index is 13.0. The van der Waals surface area contributed by atoms with E-state index in [1.54, 1.807) is 16.4 Å². The van der Waals surface area contributed by atoms with Crippen LogP contribution in [0.1, 0.15) is 24.0 Å². The van der Waals surface area contributed by atoms with Gasteiger partial charge in [0.05, 0.1) is 4.90 Å². The molecule has 2 aliphatic rings. The second kappa shape index (κ2) is 5.79. The van der Waals surface area contributed by atoms with E-state index in [0.29, 0.717) is 22.9 Å². The largest absolute Gasteiger partial charge is 0.454 e. The van der Waals surface area contributed by atoms with E-state index in [1.165, 1.54) is 0 Å². The molecular formula is C18H19NO4S. The number of benzene rings is 2. The van der Waals surface area contributed by atoms with Gasteiger partial charge in [-0.3, -0.25) is 0 Å². The fraction of sp³-hybridized carbons (Fsp3) is 0.333. The van der Waals surface area contributed by atoms with Crippen LogP contribution in [0.2, 0.25) is 0 Å². The molecule has 6 heteroatoms. The topological polar surface area (TPSA) is 55.8 Å². The third-order valence-electron chi connectivity index (χ3n) is 4.36. The van der Waals surface area contributed by atoms with Gasteiger partial charge in [-0.25, -0.2) is 8.42 Å². The van der Waals surface area contributed by atoms with Crippen molar-refractivity contribution in [1.29, 1.82) is 0 Å². The second-order valence-electron chi connectivity index (χ2n) is 6.28. The molecule has 5 nitrogen and oxygen atoms in total. The molecule has 0 saturated heterocycles. The van der Waals surface area contributed by atoms with Gasteiger partial charge < -0.3 is 9.47 Å². The van der Waals surface area contributed by atoms with E-state index in [4.69, 9.17) is 9.47 Å². The Bertz CT molecular complexity index is 857. The van der Waals surface area contributed by atoms with E-state index < -0.39 is 10.0 Å². The molecule has 1 aliphatic carbocycles. The van der Waals surface area contributed by atoms with Gasteiger partial charge >= 0.3 is 0 Å². The highest BCUT2D eigenvalue weighted by Crippen LogP contribution is 2.36. The summed E-state index contributed by atoms with van der Waals surface area (Å²) in [6, 6.07) is 12.7. The van der Waals surface area contributed by atoms with Crippen LogP contribution in [-0.2, 0) is 16.6 Å². The van der Waals surface area contributed by atoms with Crippen molar-refractivity contribution in [2.24, 2.45) is 0 Å². The fourth-order valence-electron chi connectivity index (χ4n) is 2.84. The van der Waals surface area contributed by atoms with E-state index in [-0.39, 0.29) is 12.8 Å². The van der Waals surface area contributed by atoms with Crippen LogP contribution in [0, 0.1) is 6.92 Å². The lowest BCUT2D eigenvalue weighted by molar-refractivity contribution is 0.174. The van der Waals surface area contributed by atoms with Crippen molar-refractivity contribution < 1.29 is 17.9 Å². The molecule has 0 N–H and O–H groups in total. The summed E-state index contributed by atoms with van der Waals surface area (Å²) in [7, 11) is -3.51. The predicted molar refractivity (Wildman–Crippen MR) is 89.5 cm³/mol. The van der Waals surface area contributed by atoms with E-state index in [2.05, 4.69) is 0 Å². The minimum Gasteiger partial charge on any atom is -0.454 e. The normalized spacial score (nSPS) is 16.6. The zero-order valence-electron chi connectivity index (χ0n) is 13.4. The molecule has 1 saturated carbocycles. The molecule has 24 heavy (non-hydrogen) atoms. The zero-order chi connectivity index (χ0) is 16.7. The van der Waals surface area contributed by atoms with Gasteiger partial charge in [-0.15, -0.1) is 0 Å². The standard InChI is InChI=1S/C18H19NO4S/c1-13-2-7-16(8-3-13)24(20,21)19(15-5-6-15)11-14-4-9-17-18(10-14)23-12-22-17/h2-4,7-10,15H,5-6,11-12H2,1H3. The van der Waals surface area contributed by atoms with Crippen molar-refractivity contribution in [1.82, 2.24) is 4.31 Å². The van der Waals surface area contributed by atoms with Crippen molar-refractivity contribution in [2.45, 2.75) is 37.2 Å². The smallest absolute Gasteiger partial charge is 0.243 e. The van der Waals surface area contributed by atoms with E-state index in [0.717, 1.165) is 24.0 Å². The highest BCUT2D eigenvalue weighted by atomic mass is 32.2. The Kier molecular flexibility index (Phi) is 3.73. The van der Waals surface area contributed by atoms with Crippen LogP contribution in [0.25, 0.3) is 0 Å². The van der Waals surface area contributed by atoms with Crippen molar-refractivity contribution >= 4 is 10.0 Å². The molecule has 0 amide bonds. The van der Waals surface area contributed by atoms with Gasteiger partial charge in [0.15, 0.2) is 11.5 Å². The first kappa shape index (κ1) is 15.5. The van der Waals surface area contributed by atoms with Crippen LogP contribution >= 0.6 is 0 Å². The molecule has 0 atom stereocenters. The Hall–Kier alpha value is -2.05. The molecule has 2 aromatic rings. The summed E-state index contributed by atoms with van der Waals surface area (Å²) in [6.07, 6.45) is 1.82. The molecule has 0 unspecified atom stereocenters. The molecule has 0 aromatic heterocycles. The van der Waals surface area contributed by atoms with Gasteiger partial charge in [0, 0.05) is 12.6 Å². The van der Waals surface area contributed by atoms with Gasteiger partial charge in [-0.2, -0.15) is 4.31 Å². The van der Waals surface area contributed by atoms with Crippen LogP contribution in [0.5, 0.6) is 11.5 Å². The number of ether oxygens (including phenoxy) is 2. The summed E-state index contributed by atoms with van der Waals surface area (Å²) < 4.78 is 38.4. The average Bonchev–Trinajstić information content (AvgIpc) is 3.29. The van der Waals surface area contributed by atoms with Gasteiger partial charge in [-0.05, 0) is 49.6 Å². The zero-order valence-corrected chi connectivity index (χ0v) is 14.3. The monoisotopic (exact) mass is 345 g/mol. The lowest BCUT2D eigenvalue weighted by Crippen LogP contribution is -2.32. The van der Waals surface area contributed by atoms with Crippen molar-refractivity contribution in [3.8, 4) is 11.5 Å². The summed E-state index contributed by atoms with van der Waals surface area (Å²) in [5.41, 5.74) is 1.95. The Labute approximate surface area is 141 Å². The molecule has 1 heterocycles. The molecule has 126 valence electrons. The minimum atomic E-state index is -3.51. The molecule has 1 aliphatic heterocycles. The van der Waals surface area contributed by atoms with Crippen molar-refractivity contribution in [3.05, 3.63) is 53.6 Å². The molecular weight excluding hydrogens is 326 g/mol. The highest BCUT2D eigenvalue weighted by molar-refractivity contribution is 7.89.